The number of hydrogen-bond acceptors (Lipinski definition) is 3. The lowest BCUT2D eigenvalue weighted by Gasteiger charge is -2.14. The summed E-state index contributed by atoms with van der Waals surface area (Å²) in [6, 6.07) is 6.73. The van der Waals surface area contributed by atoms with Crippen LogP contribution in [-0.2, 0) is 4.79 Å². The summed E-state index contributed by atoms with van der Waals surface area (Å²) in [7, 11) is 0. The second-order valence-corrected chi connectivity index (χ2v) is 3.98. The molecule has 94 valence electrons. The first-order chi connectivity index (χ1) is 8.17. The van der Waals surface area contributed by atoms with Crippen molar-refractivity contribution in [2.24, 2.45) is 0 Å². The minimum Gasteiger partial charge on any atom is -0.482 e. The molecule has 0 aliphatic heterocycles. The monoisotopic (exact) mass is 257 g/mol. The average molecular weight is 258 g/mol. The Balaban J connectivity index is 2.41. The number of nitrogens with one attached hydrogen (secondary N) is 1. The van der Waals surface area contributed by atoms with Crippen LogP contribution in [0.3, 0.4) is 0 Å². The van der Waals surface area contributed by atoms with Gasteiger partial charge in [-0.15, -0.1) is 0 Å². The van der Waals surface area contributed by atoms with E-state index >= 15 is 0 Å². The van der Waals surface area contributed by atoms with Gasteiger partial charge in [-0.2, -0.15) is 0 Å². The molecule has 0 heterocycles. The smallest absolute Gasteiger partial charge is 0.258 e. The van der Waals surface area contributed by atoms with E-state index in [4.69, 9.17) is 21.4 Å². The van der Waals surface area contributed by atoms with Crippen LogP contribution in [0.25, 0.3) is 0 Å². The van der Waals surface area contributed by atoms with Gasteiger partial charge in [0.2, 0.25) is 0 Å². The van der Waals surface area contributed by atoms with E-state index in [1.807, 2.05) is 6.92 Å². The Morgan fingerprint density at radius 3 is 2.82 bits per heavy atom. The topological polar surface area (TPSA) is 58.6 Å². The summed E-state index contributed by atoms with van der Waals surface area (Å²) < 4.78 is 5.26. The van der Waals surface area contributed by atoms with Crippen molar-refractivity contribution >= 4 is 17.5 Å². The van der Waals surface area contributed by atoms with Crippen LogP contribution < -0.4 is 10.1 Å². The van der Waals surface area contributed by atoms with Crippen LogP contribution in [0.5, 0.6) is 5.75 Å². The van der Waals surface area contributed by atoms with Crippen LogP contribution in [0.1, 0.15) is 13.3 Å². The Kier molecular flexibility index (Phi) is 5.80. The van der Waals surface area contributed by atoms with E-state index in [1.165, 1.54) is 0 Å². The number of benzene rings is 1. The largest absolute Gasteiger partial charge is 0.482 e. The molecule has 1 aromatic carbocycles. The Morgan fingerprint density at radius 1 is 1.53 bits per heavy atom. The van der Waals surface area contributed by atoms with Crippen molar-refractivity contribution < 1.29 is 14.6 Å². The molecular weight excluding hydrogens is 242 g/mol. The zero-order valence-electron chi connectivity index (χ0n) is 9.65. The minimum atomic E-state index is -0.272. The molecule has 0 radical (unpaired) electrons. The predicted octanol–water partition coefficient (Wildman–Crippen LogP) is 1.61. The van der Waals surface area contributed by atoms with Crippen molar-refractivity contribution in [2.75, 3.05) is 13.2 Å². The van der Waals surface area contributed by atoms with Crippen molar-refractivity contribution in [1.82, 2.24) is 5.32 Å². The summed E-state index contributed by atoms with van der Waals surface area (Å²) in [5, 5.41) is 12.0. The van der Waals surface area contributed by atoms with Crippen molar-refractivity contribution in [2.45, 2.75) is 19.4 Å². The summed E-state index contributed by atoms with van der Waals surface area (Å²) in [5.74, 6) is 0.201. The number of para-hydroxylation sites is 1. The Labute approximate surface area is 106 Å². The molecule has 0 saturated heterocycles. The number of carbonyl (C=O) groups is 1. The van der Waals surface area contributed by atoms with E-state index in [0.29, 0.717) is 17.2 Å². The van der Waals surface area contributed by atoms with Gasteiger partial charge in [0.1, 0.15) is 5.75 Å². The molecule has 0 aliphatic carbocycles. The highest BCUT2D eigenvalue weighted by atomic mass is 35.5. The molecule has 0 spiro atoms. The molecule has 0 fully saturated rings. The third-order valence-electron chi connectivity index (χ3n) is 2.27. The molecule has 1 aromatic rings. The molecule has 1 rings (SSSR count). The van der Waals surface area contributed by atoms with Gasteiger partial charge in [0.15, 0.2) is 6.61 Å². The minimum absolute atomic E-state index is 0.0751. The van der Waals surface area contributed by atoms with Gasteiger partial charge >= 0.3 is 0 Å². The third kappa shape index (κ3) is 4.63. The Morgan fingerprint density at radius 2 is 2.24 bits per heavy atom. The van der Waals surface area contributed by atoms with E-state index in [-0.39, 0.29) is 25.2 Å². The number of hydrogen-bond donors (Lipinski definition) is 2. The summed E-state index contributed by atoms with van der Waals surface area (Å²) >= 11 is 5.87. The van der Waals surface area contributed by atoms with E-state index < -0.39 is 0 Å². The molecule has 0 bridgehead atoms. The highest BCUT2D eigenvalue weighted by Gasteiger charge is 2.10. The number of aliphatic hydroxyl groups is 1. The van der Waals surface area contributed by atoms with Gasteiger partial charge in [0.05, 0.1) is 17.7 Å². The maximum Gasteiger partial charge on any atom is 0.258 e. The zero-order valence-corrected chi connectivity index (χ0v) is 10.4. The number of carbonyl (C=O) groups excluding carboxylic acids is 1. The van der Waals surface area contributed by atoms with E-state index in [9.17, 15) is 4.79 Å². The molecule has 0 aliphatic rings. The van der Waals surface area contributed by atoms with Crippen LogP contribution in [0.15, 0.2) is 24.3 Å². The molecule has 0 saturated carbocycles. The van der Waals surface area contributed by atoms with E-state index in [0.717, 1.165) is 0 Å². The normalized spacial score (nSPS) is 11.9. The maximum atomic E-state index is 11.5. The lowest BCUT2D eigenvalue weighted by atomic mass is 10.2. The molecule has 1 unspecified atom stereocenters. The lowest BCUT2D eigenvalue weighted by Crippen LogP contribution is -2.39. The molecule has 5 heteroatoms. The number of rotatable bonds is 6. The van der Waals surface area contributed by atoms with Crippen LogP contribution >= 0.6 is 11.6 Å². The molecule has 1 atom stereocenters. The number of aliphatic hydroxyl groups excluding tert-OH is 1. The quantitative estimate of drug-likeness (QED) is 0.814. The van der Waals surface area contributed by atoms with Gasteiger partial charge in [0, 0.05) is 0 Å². The van der Waals surface area contributed by atoms with Gasteiger partial charge in [0.25, 0.3) is 5.91 Å². The van der Waals surface area contributed by atoms with E-state index in [2.05, 4.69) is 5.32 Å². The fourth-order valence-corrected chi connectivity index (χ4v) is 1.44. The maximum absolute atomic E-state index is 11.5. The average Bonchev–Trinajstić information content (AvgIpc) is 2.35. The standard InChI is InChI=1S/C12H16ClNO3/c1-2-9(7-15)14-12(16)8-17-11-6-4-3-5-10(11)13/h3-6,9,15H,2,7-8H2,1H3,(H,14,16). The summed E-state index contributed by atoms with van der Waals surface area (Å²) in [6.07, 6.45) is 0.675. The van der Waals surface area contributed by atoms with Crippen molar-refractivity contribution in [3.63, 3.8) is 0 Å². The van der Waals surface area contributed by atoms with Gasteiger partial charge in [-0.1, -0.05) is 30.7 Å². The Hall–Kier alpha value is -1.26. The number of halogens is 1. The van der Waals surface area contributed by atoms with Crippen LogP contribution in [0.2, 0.25) is 5.02 Å². The van der Waals surface area contributed by atoms with Gasteiger partial charge in [-0.05, 0) is 18.6 Å². The predicted molar refractivity (Wildman–Crippen MR) is 66.3 cm³/mol. The van der Waals surface area contributed by atoms with Crippen molar-refractivity contribution in [1.29, 1.82) is 0 Å². The molecule has 2 N–H and O–H groups in total. The summed E-state index contributed by atoms with van der Waals surface area (Å²) in [4.78, 5) is 11.5. The van der Waals surface area contributed by atoms with Gasteiger partial charge in [-0.3, -0.25) is 4.79 Å². The lowest BCUT2D eigenvalue weighted by molar-refractivity contribution is -0.124. The van der Waals surface area contributed by atoms with E-state index in [1.54, 1.807) is 24.3 Å². The second kappa shape index (κ2) is 7.14. The first-order valence-corrected chi connectivity index (χ1v) is 5.82. The zero-order chi connectivity index (χ0) is 12.7. The molecular formula is C12H16ClNO3. The fourth-order valence-electron chi connectivity index (χ4n) is 1.25. The molecule has 1 amide bonds. The highest BCUT2D eigenvalue weighted by molar-refractivity contribution is 6.32. The first kappa shape index (κ1) is 13.8. The summed E-state index contributed by atoms with van der Waals surface area (Å²) in [5.41, 5.74) is 0. The van der Waals surface area contributed by atoms with Gasteiger partial charge in [-0.25, -0.2) is 0 Å². The van der Waals surface area contributed by atoms with Crippen molar-refractivity contribution in [3.8, 4) is 5.75 Å². The Bertz CT molecular complexity index is 367. The molecule has 4 nitrogen and oxygen atoms in total. The summed E-state index contributed by atoms with van der Waals surface area (Å²) in [6.45, 7) is 1.70. The molecule has 0 aromatic heterocycles. The SMILES string of the molecule is CCC(CO)NC(=O)COc1ccccc1Cl. The van der Waals surface area contributed by atoms with Crippen LogP contribution in [0.4, 0.5) is 0 Å². The van der Waals surface area contributed by atoms with Crippen LogP contribution in [0, 0.1) is 0 Å². The highest BCUT2D eigenvalue weighted by Crippen LogP contribution is 2.22. The van der Waals surface area contributed by atoms with Gasteiger partial charge < -0.3 is 15.2 Å². The third-order valence-corrected chi connectivity index (χ3v) is 2.59. The number of amides is 1. The first-order valence-electron chi connectivity index (χ1n) is 5.45. The van der Waals surface area contributed by atoms with Crippen LogP contribution in [-0.4, -0.2) is 30.3 Å². The second-order valence-electron chi connectivity index (χ2n) is 3.57. The number of ether oxygens (including phenoxy) is 1. The van der Waals surface area contributed by atoms with Crippen molar-refractivity contribution in [3.05, 3.63) is 29.3 Å². The molecule has 17 heavy (non-hydrogen) atoms. The fraction of sp³-hybridized carbons (Fsp3) is 0.417.